The van der Waals surface area contributed by atoms with Crippen LogP contribution in [0.4, 0.5) is 0 Å². The van der Waals surface area contributed by atoms with Crippen LogP contribution in [0.3, 0.4) is 0 Å². The molecule has 0 bridgehead atoms. The summed E-state index contributed by atoms with van der Waals surface area (Å²) in [5.74, 6) is -0.306. The van der Waals surface area contributed by atoms with Crippen LogP contribution in [-0.4, -0.2) is 84.0 Å². The molecule has 0 unspecified atom stereocenters. The summed E-state index contributed by atoms with van der Waals surface area (Å²) in [6.45, 7) is 5.66. The van der Waals surface area contributed by atoms with Crippen molar-refractivity contribution in [3.63, 3.8) is 0 Å². The van der Waals surface area contributed by atoms with Crippen LogP contribution in [0.25, 0.3) is 0 Å². The van der Waals surface area contributed by atoms with Crippen LogP contribution in [0.1, 0.15) is 31.2 Å². The number of carboxylic acid groups (broad SMARTS) is 1. The number of rotatable bonds is 7. The molecule has 1 aromatic rings. The second-order valence-corrected chi connectivity index (χ2v) is 8.21. The predicted octanol–water partition coefficient (Wildman–Crippen LogP) is 1.95. The zero-order valence-corrected chi connectivity index (χ0v) is 16.9. The van der Waals surface area contributed by atoms with Gasteiger partial charge in [-0.2, -0.15) is 0 Å². The normalized spacial score (nSPS) is 24.2. The summed E-state index contributed by atoms with van der Waals surface area (Å²) in [5.41, 5.74) is 1.19. The second kappa shape index (κ2) is 10.0. The zero-order chi connectivity index (χ0) is 19.9. The van der Waals surface area contributed by atoms with E-state index >= 15 is 0 Å². The van der Waals surface area contributed by atoms with Crippen molar-refractivity contribution in [3.05, 3.63) is 35.9 Å². The van der Waals surface area contributed by atoms with Gasteiger partial charge in [-0.05, 0) is 37.8 Å². The van der Waals surface area contributed by atoms with Gasteiger partial charge < -0.3 is 14.9 Å². The lowest BCUT2D eigenvalue weighted by molar-refractivity contribution is -0.138. The Labute approximate surface area is 168 Å². The number of piperidine rings is 1. The van der Waals surface area contributed by atoms with Crippen LogP contribution in [0, 0.1) is 5.92 Å². The molecule has 0 spiro atoms. The van der Waals surface area contributed by atoms with Gasteiger partial charge in [-0.1, -0.05) is 30.3 Å². The maximum absolute atomic E-state index is 12.8. The molecule has 3 rings (SSSR count). The average molecular weight is 388 g/mol. The Morgan fingerprint density at radius 1 is 1.04 bits per heavy atom. The number of nitrogens with zero attached hydrogens (tertiary/aromatic N) is 3. The van der Waals surface area contributed by atoms with Crippen LogP contribution in [0.15, 0.2) is 30.3 Å². The molecule has 0 aliphatic carbocycles. The number of hydrogen-bond acceptors (Lipinski definition) is 4. The molecule has 154 valence electrons. The van der Waals surface area contributed by atoms with Crippen molar-refractivity contribution >= 4 is 11.9 Å². The molecule has 28 heavy (non-hydrogen) atoms. The predicted molar refractivity (Wildman–Crippen MR) is 109 cm³/mol. The topological polar surface area (TPSA) is 64.1 Å². The van der Waals surface area contributed by atoms with Gasteiger partial charge in [-0.15, -0.1) is 0 Å². The van der Waals surface area contributed by atoms with E-state index < -0.39 is 5.97 Å². The number of amides is 1. The minimum atomic E-state index is -0.746. The van der Waals surface area contributed by atoms with E-state index in [-0.39, 0.29) is 18.2 Å². The van der Waals surface area contributed by atoms with Crippen molar-refractivity contribution in [2.24, 2.45) is 5.92 Å². The summed E-state index contributed by atoms with van der Waals surface area (Å²) >= 11 is 0. The first-order chi connectivity index (χ1) is 13.5. The van der Waals surface area contributed by atoms with Gasteiger partial charge in [0.15, 0.2) is 0 Å². The Hall–Kier alpha value is -1.92. The molecule has 1 N–H and O–H groups in total. The smallest absolute Gasteiger partial charge is 0.303 e. The summed E-state index contributed by atoms with van der Waals surface area (Å²) in [7, 11) is 2.15. The van der Waals surface area contributed by atoms with Crippen molar-refractivity contribution in [1.82, 2.24) is 14.7 Å². The minimum Gasteiger partial charge on any atom is -0.481 e. The maximum atomic E-state index is 12.8. The van der Waals surface area contributed by atoms with Crippen molar-refractivity contribution < 1.29 is 14.7 Å². The number of likely N-dealkylation sites (N-methyl/N-ethyl adjacent to an activating group) is 1. The van der Waals surface area contributed by atoms with E-state index in [0.717, 1.165) is 45.6 Å². The summed E-state index contributed by atoms with van der Waals surface area (Å²) in [6, 6.07) is 10.5. The fourth-order valence-corrected chi connectivity index (χ4v) is 4.53. The second-order valence-electron chi connectivity index (χ2n) is 8.21. The third-order valence-electron chi connectivity index (χ3n) is 6.25. The molecule has 2 aliphatic rings. The largest absolute Gasteiger partial charge is 0.481 e. The molecule has 2 saturated heterocycles. The molecule has 2 aliphatic heterocycles. The quantitative estimate of drug-likeness (QED) is 0.775. The van der Waals surface area contributed by atoms with E-state index in [2.05, 4.69) is 29.0 Å². The van der Waals surface area contributed by atoms with Crippen molar-refractivity contribution in [2.45, 2.75) is 38.1 Å². The highest BCUT2D eigenvalue weighted by molar-refractivity contribution is 5.76. The fourth-order valence-electron chi connectivity index (χ4n) is 4.53. The fraction of sp³-hybridized carbons (Fsp3) is 0.636. The van der Waals surface area contributed by atoms with Gasteiger partial charge in [0.25, 0.3) is 0 Å². The monoisotopic (exact) mass is 387 g/mol. The highest BCUT2D eigenvalue weighted by atomic mass is 16.4. The highest BCUT2D eigenvalue weighted by Crippen LogP contribution is 2.27. The van der Waals surface area contributed by atoms with Crippen LogP contribution >= 0.6 is 0 Å². The van der Waals surface area contributed by atoms with Crippen molar-refractivity contribution in [1.29, 1.82) is 0 Å². The average Bonchev–Trinajstić information content (AvgIpc) is 2.71. The Bertz CT molecular complexity index is 644. The Morgan fingerprint density at radius 3 is 2.43 bits per heavy atom. The van der Waals surface area contributed by atoms with Gasteiger partial charge >= 0.3 is 5.97 Å². The molecular formula is C22H33N3O3. The van der Waals surface area contributed by atoms with Gasteiger partial charge in [0.1, 0.15) is 0 Å². The lowest BCUT2D eigenvalue weighted by atomic mass is 9.86. The number of piperazine rings is 1. The summed E-state index contributed by atoms with van der Waals surface area (Å²) in [5, 5.41) is 9.16. The Morgan fingerprint density at radius 2 is 1.75 bits per heavy atom. The van der Waals surface area contributed by atoms with Crippen LogP contribution in [0.2, 0.25) is 0 Å². The maximum Gasteiger partial charge on any atom is 0.303 e. The molecule has 0 saturated carbocycles. The standard InChI is InChI=1S/C22H33N3O3/c1-23-13-15-24(16-14-23)20-11-12-25(17-19(20)8-10-22(27)28)21(26)9-7-18-5-3-2-4-6-18/h2-6,19-20H,7-17H2,1H3,(H,27,28)/t19-,20+/m1/s1. The number of carboxylic acids is 1. The number of carbonyl (C=O) groups excluding carboxylic acids is 1. The molecule has 6 nitrogen and oxygen atoms in total. The van der Waals surface area contributed by atoms with Gasteiger partial charge in [-0.25, -0.2) is 0 Å². The summed E-state index contributed by atoms with van der Waals surface area (Å²) < 4.78 is 0. The first-order valence-corrected chi connectivity index (χ1v) is 10.5. The minimum absolute atomic E-state index is 0.182. The van der Waals surface area contributed by atoms with E-state index in [1.807, 2.05) is 23.1 Å². The number of aryl methyl sites for hydroxylation is 1. The molecule has 2 fully saturated rings. The van der Waals surface area contributed by atoms with Gasteiger partial charge in [-0.3, -0.25) is 14.5 Å². The molecular weight excluding hydrogens is 354 g/mol. The molecule has 1 amide bonds. The van der Waals surface area contributed by atoms with E-state index in [0.29, 0.717) is 25.4 Å². The molecule has 6 heteroatoms. The number of benzene rings is 1. The number of likely N-dealkylation sites (tertiary alicyclic amines) is 1. The highest BCUT2D eigenvalue weighted by Gasteiger charge is 2.35. The molecule has 2 atom stereocenters. The van der Waals surface area contributed by atoms with Crippen LogP contribution < -0.4 is 0 Å². The third kappa shape index (κ3) is 5.79. The molecule has 2 heterocycles. The van der Waals surface area contributed by atoms with E-state index in [1.165, 1.54) is 5.56 Å². The van der Waals surface area contributed by atoms with Gasteiger partial charge in [0.05, 0.1) is 0 Å². The van der Waals surface area contributed by atoms with Crippen LogP contribution in [-0.2, 0) is 16.0 Å². The lowest BCUT2D eigenvalue weighted by Gasteiger charge is -2.46. The Balaban J connectivity index is 1.57. The number of carbonyl (C=O) groups is 2. The van der Waals surface area contributed by atoms with Crippen LogP contribution in [0.5, 0.6) is 0 Å². The summed E-state index contributed by atoms with van der Waals surface area (Å²) in [4.78, 5) is 30.8. The van der Waals surface area contributed by atoms with Crippen molar-refractivity contribution in [2.75, 3.05) is 46.3 Å². The van der Waals surface area contributed by atoms with E-state index in [4.69, 9.17) is 5.11 Å². The third-order valence-corrected chi connectivity index (χ3v) is 6.25. The Kier molecular flexibility index (Phi) is 7.45. The first-order valence-electron chi connectivity index (χ1n) is 10.5. The van der Waals surface area contributed by atoms with Gasteiger partial charge in [0.2, 0.25) is 5.91 Å². The molecule has 0 radical (unpaired) electrons. The SMILES string of the molecule is CN1CCN([C@H]2CCN(C(=O)CCc3ccccc3)C[C@H]2CCC(=O)O)CC1. The zero-order valence-electron chi connectivity index (χ0n) is 16.9. The van der Waals surface area contributed by atoms with E-state index in [9.17, 15) is 9.59 Å². The first kappa shape index (κ1) is 20.8. The lowest BCUT2D eigenvalue weighted by Crippen LogP contribution is -2.57. The summed E-state index contributed by atoms with van der Waals surface area (Å²) in [6.07, 6.45) is 3.06. The number of hydrogen-bond donors (Lipinski definition) is 1. The molecule has 0 aromatic heterocycles. The van der Waals surface area contributed by atoms with Gasteiger partial charge in [0, 0.05) is 58.2 Å². The van der Waals surface area contributed by atoms with Crippen molar-refractivity contribution in [3.8, 4) is 0 Å². The van der Waals surface area contributed by atoms with E-state index in [1.54, 1.807) is 0 Å². The number of aliphatic carboxylic acids is 1. The molecule has 1 aromatic carbocycles.